The van der Waals surface area contributed by atoms with Crippen LogP contribution in [0.3, 0.4) is 0 Å². The molecule has 1 aliphatic rings. The molecule has 0 saturated heterocycles. The molecule has 0 unspecified atom stereocenters. The topological polar surface area (TPSA) is 56.8 Å². The van der Waals surface area contributed by atoms with E-state index in [9.17, 15) is 4.79 Å². The van der Waals surface area contributed by atoms with E-state index in [4.69, 9.17) is 14.2 Å². The van der Waals surface area contributed by atoms with E-state index in [1.54, 1.807) is 26.4 Å². The van der Waals surface area contributed by atoms with Crippen molar-refractivity contribution < 1.29 is 19.0 Å². The Morgan fingerprint density at radius 3 is 2.52 bits per heavy atom. The van der Waals surface area contributed by atoms with Crippen molar-refractivity contribution in [3.8, 4) is 11.5 Å². The summed E-state index contributed by atoms with van der Waals surface area (Å²) in [7, 11) is 3.19. The van der Waals surface area contributed by atoms with Crippen LogP contribution in [-0.2, 0) is 9.53 Å². The first-order valence-electron chi connectivity index (χ1n) is 7.98. The molecule has 0 radical (unpaired) electrons. The molecule has 0 spiro atoms. The Hall–Kier alpha value is -2.01. The monoisotopic (exact) mass is 319 g/mol. The highest BCUT2D eigenvalue weighted by Crippen LogP contribution is 2.28. The van der Waals surface area contributed by atoms with Crippen molar-refractivity contribution in [1.82, 2.24) is 5.32 Å². The van der Waals surface area contributed by atoms with E-state index in [1.165, 1.54) is 18.9 Å². The van der Waals surface area contributed by atoms with Crippen LogP contribution in [0.1, 0.15) is 24.8 Å². The Bertz CT molecular complexity index is 516. The second kappa shape index (κ2) is 9.20. The maximum atomic E-state index is 11.8. The third-order valence-electron chi connectivity index (χ3n) is 3.62. The molecular weight excluding hydrogens is 294 g/mol. The normalized spacial score (nSPS) is 14.0. The summed E-state index contributed by atoms with van der Waals surface area (Å²) in [6, 6.07) is 5.48. The van der Waals surface area contributed by atoms with Crippen molar-refractivity contribution in [2.75, 3.05) is 34.0 Å². The molecule has 5 heteroatoms. The van der Waals surface area contributed by atoms with Gasteiger partial charge in [-0.3, -0.25) is 4.79 Å². The molecule has 0 heterocycles. The zero-order valence-corrected chi connectivity index (χ0v) is 13.8. The van der Waals surface area contributed by atoms with Gasteiger partial charge in [0.2, 0.25) is 5.91 Å². The van der Waals surface area contributed by atoms with Gasteiger partial charge in [0.25, 0.3) is 0 Å². The van der Waals surface area contributed by atoms with E-state index in [-0.39, 0.29) is 5.91 Å². The van der Waals surface area contributed by atoms with Gasteiger partial charge in [-0.2, -0.15) is 0 Å². The Morgan fingerprint density at radius 2 is 1.91 bits per heavy atom. The summed E-state index contributed by atoms with van der Waals surface area (Å²) in [5, 5.41) is 2.85. The minimum atomic E-state index is -0.117. The van der Waals surface area contributed by atoms with Gasteiger partial charge in [-0.05, 0) is 49.0 Å². The fraction of sp³-hybridized carbons (Fsp3) is 0.500. The third kappa shape index (κ3) is 6.74. The summed E-state index contributed by atoms with van der Waals surface area (Å²) in [6.07, 6.45) is 6.69. The van der Waals surface area contributed by atoms with Crippen LogP contribution in [0.2, 0.25) is 0 Å². The van der Waals surface area contributed by atoms with Crippen LogP contribution in [0.5, 0.6) is 11.5 Å². The molecule has 1 amide bonds. The van der Waals surface area contributed by atoms with Crippen LogP contribution >= 0.6 is 0 Å². The number of rotatable bonds is 10. The fourth-order valence-corrected chi connectivity index (χ4v) is 2.08. The molecule has 0 atom stereocenters. The van der Waals surface area contributed by atoms with Gasteiger partial charge in [-0.1, -0.05) is 0 Å². The van der Waals surface area contributed by atoms with Crippen molar-refractivity contribution >= 4 is 12.0 Å². The first kappa shape index (κ1) is 17.3. The molecule has 1 aromatic rings. The summed E-state index contributed by atoms with van der Waals surface area (Å²) >= 11 is 0. The molecular formula is C18H25NO4. The molecule has 1 fully saturated rings. The first-order chi connectivity index (χ1) is 11.2. The number of carbonyl (C=O) groups is 1. The summed E-state index contributed by atoms with van der Waals surface area (Å²) < 4.78 is 15.9. The van der Waals surface area contributed by atoms with E-state index in [0.29, 0.717) is 24.7 Å². The zero-order chi connectivity index (χ0) is 16.5. The highest BCUT2D eigenvalue weighted by molar-refractivity contribution is 5.91. The molecule has 23 heavy (non-hydrogen) atoms. The van der Waals surface area contributed by atoms with Crippen LogP contribution in [0, 0.1) is 5.92 Å². The molecule has 0 aromatic heterocycles. The van der Waals surface area contributed by atoms with Gasteiger partial charge in [0, 0.05) is 31.9 Å². The lowest BCUT2D eigenvalue weighted by molar-refractivity contribution is -0.116. The number of ether oxygens (including phenoxy) is 3. The van der Waals surface area contributed by atoms with Crippen molar-refractivity contribution in [1.29, 1.82) is 0 Å². The van der Waals surface area contributed by atoms with Gasteiger partial charge in [0.15, 0.2) is 0 Å². The smallest absolute Gasteiger partial charge is 0.244 e. The molecule has 5 nitrogen and oxygen atoms in total. The van der Waals surface area contributed by atoms with Gasteiger partial charge in [-0.15, -0.1) is 0 Å². The Morgan fingerprint density at radius 1 is 1.22 bits per heavy atom. The molecule has 1 aromatic carbocycles. The number of nitrogens with one attached hydrogen (secondary N) is 1. The van der Waals surface area contributed by atoms with Crippen molar-refractivity contribution in [2.24, 2.45) is 5.92 Å². The quantitative estimate of drug-likeness (QED) is 0.532. The lowest BCUT2D eigenvalue weighted by Gasteiger charge is -2.06. The summed E-state index contributed by atoms with van der Waals surface area (Å²) in [5.74, 6) is 2.05. The average molecular weight is 319 g/mol. The standard InChI is InChI=1S/C18H25NO4/c1-21-16-10-15(11-17(12-16)22-2)6-7-18(20)19-8-3-9-23-13-14-4-5-14/h6-7,10-12,14H,3-5,8-9,13H2,1-2H3,(H,19,20)/b7-6+. The minimum Gasteiger partial charge on any atom is -0.497 e. The van der Waals surface area contributed by atoms with E-state index in [0.717, 1.165) is 24.5 Å². The number of methoxy groups -OCH3 is 2. The van der Waals surface area contributed by atoms with E-state index in [2.05, 4.69) is 5.32 Å². The van der Waals surface area contributed by atoms with Gasteiger partial charge in [0.05, 0.1) is 14.2 Å². The number of hydrogen-bond donors (Lipinski definition) is 1. The number of amides is 1. The summed E-state index contributed by atoms with van der Waals surface area (Å²) in [5.41, 5.74) is 0.851. The van der Waals surface area contributed by atoms with Crippen molar-refractivity contribution in [2.45, 2.75) is 19.3 Å². The second-order valence-electron chi connectivity index (χ2n) is 5.64. The highest BCUT2D eigenvalue weighted by atomic mass is 16.5. The van der Waals surface area contributed by atoms with Crippen molar-refractivity contribution in [3.05, 3.63) is 29.8 Å². The summed E-state index contributed by atoms with van der Waals surface area (Å²) in [4.78, 5) is 11.8. The van der Waals surface area contributed by atoms with Gasteiger partial charge >= 0.3 is 0 Å². The second-order valence-corrected chi connectivity index (χ2v) is 5.64. The predicted molar refractivity (Wildman–Crippen MR) is 89.7 cm³/mol. The van der Waals surface area contributed by atoms with Crippen LogP contribution in [0.4, 0.5) is 0 Å². The molecule has 1 aliphatic carbocycles. The van der Waals surface area contributed by atoms with Crippen molar-refractivity contribution in [3.63, 3.8) is 0 Å². The molecule has 1 N–H and O–H groups in total. The van der Waals surface area contributed by atoms with Crippen LogP contribution in [0.15, 0.2) is 24.3 Å². The first-order valence-corrected chi connectivity index (χ1v) is 7.98. The van der Waals surface area contributed by atoms with Crippen LogP contribution in [0.25, 0.3) is 6.08 Å². The third-order valence-corrected chi connectivity index (χ3v) is 3.62. The van der Waals surface area contributed by atoms with E-state index < -0.39 is 0 Å². The number of benzene rings is 1. The zero-order valence-electron chi connectivity index (χ0n) is 13.8. The number of carbonyl (C=O) groups excluding carboxylic acids is 1. The van der Waals surface area contributed by atoms with E-state index in [1.807, 2.05) is 12.1 Å². The maximum absolute atomic E-state index is 11.8. The Labute approximate surface area is 137 Å². The molecule has 2 rings (SSSR count). The largest absolute Gasteiger partial charge is 0.497 e. The van der Waals surface area contributed by atoms with E-state index >= 15 is 0 Å². The fourth-order valence-electron chi connectivity index (χ4n) is 2.08. The maximum Gasteiger partial charge on any atom is 0.244 e. The predicted octanol–water partition coefficient (Wildman–Crippen LogP) is 2.65. The Balaban J connectivity index is 1.69. The van der Waals surface area contributed by atoms with Gasteiger partial charge < -0.3 is 19.5 Å². The molecule has 0 bridgehead atoms. The molecule has 126 valence electrons. The van der Waals surface area contributed by atoms with Crippen LogP contribution in [-0.4, -0.2) is 39.9 Å². The van der Waals surface area contributed by atoms with Gasteiger partial charge in [0.1, 0.15) is 11.5 Å². The lowest BCUT2D eigenvalue weighted by Crippen LogP contribution is -2.23. The SMILES string of the molecule is COc1cc(/C=C/C(=O)NCCCOCC2CC2)cc(OC)c1. The summed E-state index contributed by atoms with van der Waals surface area (Å²) in [6.45, 7) is 2.19. The van der Waals surface area contributed by atoms with Crippen LogP contribution < -0.4 is 14.8 Å². The minimum absolute atomic E-state index is 0.117. The number of hydrogen-bond acceptors (Lipinski definition) is 4. The van der Waals surface area contributed by atoms with Gasteiger partial charge in [-0.25, -0.2) is 0 Å². The highest BCUT2D eigenvalue weighted by Gasteiger charge is 2.20. The lowest BCUT2D eigenvalue weighted by atomic mass is 10.2. The molecule has 1 saturated carbocycles. The average Bonchev–Trinajstić information content (AvgIpc) is 3.40. The Kier molecular flexibility index (Phi) is 6.94. The molecule has 0 aliphatic heterocycles.